The van der Waals surface area contributed by atoms with Gasteiger partial charge in [0, 0.05) is 24.0 Å². The predicted molar refractivity (Wildman–Crippen MR) is 92.8 cm³/mol. The van der Waals surface area contributed by atoms with Crippen LogP contribution in [0, 0.1) is 6.92 Å². The number of aliphatic hydroxyl groups is 1. The maximum absolute atomic E-state index is 12.8. The molecule has 0 bridgehead atoms. The van der Waals surface area contributed by atoms with Gasteiger partial charge in [-0.25, -0.2) is 4.68 Å². The maximum Gasteiger partial charge on any atom is 0.242 e. The number of fused-ring (bicyclic) bond motifs is 1. The average molecular weight is 339 g/mol. The fourth-order valence-electron chi connectivity index (χ4n) is 3.61. The zero-order chi connectivity index (χ0) is 17.4. The summed E-state index contributed by atoms with van der Waals surface area (Å²) in [5, 5.41) is 19.5. The van der Waals surface area contributed by atoms with Crippen molar-refractivity contribution in [2.45, 2.75) is 32.0 Å². The molecule has 3 heterocycles. The fourth-order valence-corrected chi connectivity index (χ4v) is 3.61. The number of carbonyl (C=O) groups is 1. The number of hydrogen-bond donors (Lipinski definition) is 1. The van der Waals surface area contributed by atoms with Gasteiger partial charge in [0.25, 0.3) is 0 Å². The van der Waals surface area contributed by atoms with Gasteiger partial charge in [0.2, 0.25) is 5.91 Å². The number of hydrogen-bond acceptors (Lipinski definition) is 4. The number of amides is 1. The summed E-state index contributed by atoms with van der Waals surface area (Å²) in [6.45, 7) is 3.53. The van der Waals surface area contributed by atoms with Gasteiger partial charge >= 0.3 is 0 Å². The molecular weight excluding hydrogens is 318 g/mol. The number of benzene rings is 1. The summed E-state index contributed by atoms with van der Waals surface area (Å²) in [5.41, 5.74) is 1.18. The topological polar surface area (TPSA) is 76.2 Å². The lowest BCUT2D eigenvalue weighted by atomic mass is 10.0. The predicted octanol–water partition coefficient (Wildman–Crippen LogP) is 1.20. The third kappa shape index (κ3) is 3.02. The Morgan fingerprint density at radius 1 is 1.36 bits per heavy atom. The minimum absolute atomic E-state index is 0.0268. The Hall–Kier alpha value is -2.67. The van der Waals surface area contributed by atoms with E-state index in [0.29, 0.717) is 32.6 Å². The Morgan fingerprint density at radius 2 is 2.20 bits per heavy atom. The van der Waals surface area contributed by atoms with Gasteiger partial charge in [-0.15, -0.1) is 5.10 Å². The lowest BCUT2D eigenvalue weighted by Crippen LogP contribution is -2.40. The first kappa shape index (κ1) is 15.8. The molecule has 7 heteroatoms. The van der Waals surface area contributed by atoms with Gasteiger partial charge in [-0.2, -0.15) is 0 Å². The summed E-state index contributed by atoms with van der Waals surface area (Å²) < 4.78 is 3.64. The number of likely N-dealkylation sites (tertiary alicyclic amines) is 1. The maximum atomic E-state index is 12.8. The molecule has 1 unspecified atom stereocenters. The molecule has 0 saturated carbocycles. The number of nitrogens with zero attached hydrogens (tertiary/aromatic N) is 5. The van der Waals surface area contributed by atoms with E-state index in [-0.39, 0.29) is 5.91 Å². The summed E-state index contributed by atoms with van der Waals surface area (Å²) in [6, 6.07) is 10.2. The summed E-state index contributed by atoms with van der Waals surface area (Å²) in [7, 11) is 0. The Bertz CT molecular complexity index is 901. The number of carbonyl (C=O) groups excluding carboxylic acids is 1. The van der Waals surface area contributed by atoms with Crippen molar-refractivity contribution < 1.29 is 9.90 Å². The molecule has 1 aliphatic rings. The fraction of sp³-hybridized carbons (Fsp3) is 0.389. The van der Waals surface area contributed by atoms with Crippen LogP contribution in [0.2, 0.25) is 0 Å². The molecule has 0 radical (unpaired) electrons. The van der Waals surface area contributed by atoms with Crippen molar-refractivity contribution in [1.82, 2.24) is 24.5 Å². The van der Waals surface area contributed by atoms with Crippen LogP contribution in [0.3, 0.4) is 0 Å². The van der Waals surface area contributed by atoms with Crippen molar-refractivity contribution in [1.29, 1.82) is 0 Å². The summed E-state index contributed by atoms with van der Waals surface area (Å²) in [5.74, 6) is 0.0268. The van der Waals surface area contributed by atoms with Gasteiger partial charge in [0.05, 0.1) is 19.3 Å². The van der Waals surface area contributed by atoms with E-state index >= 15 is 0 Å². The van der Waals surface area contributed by atoms with Crippen molar-refractivity contribution in [3.63, 3.8) is 0 Å². The van der Waals surface area contributed by atoms with Gasteiger partial charge in [-0.3, -0.25) is 4.79 Å². The highest BCUT2D eigenvalue weighted by Gasteiger charge is 2.38. The lowest BCUT2D eigenvalue weighted by Gasteiger charge is -2.23. The largest absolute Gasteiger partial charge is 0.386 e. The molecule has 2 aromatic heterocycles. The van der Waals surface area contributed by atoms with Crippen LogP contribution in [0.4, 0.5) is 0 Å². The zero-order valence-corrected chi connectivity index (χ0v) is 14.2. The first-order chi connectivity index (χ1) is 12.0. The standard InChI is InChI=1S/C18H21N5O2/c1-14-10-15-4-2-3-5-16(15)23(14)11-17(24)21-8-6-18(25,12-21)13-22-9-7-19-20-22/h2-5,7,9-10,25H,6,8,11-13H2,1H3. The Kier molecular flexibility index (Phi) is 3.80. The van der Waals surface area contributed by atoms with E-state index in [9.17, 15) is 9.90 Å². The third-order valence-electron chi connectivity index (χ3n) is 4.92. The molecule has 4 rings (SSSR count). The lowest BCUT2D eigenvalue weighted by molar-refractivity contribution is -0.131. The van der Waals surface area contributed by atoms with Crippen molar-refractivity contribution >= 4 is 16.8 Å². The zero-order valence-electron chi connectivity index (χ0n) is 14.2. The van der Waals surface area contributed by atoms with Gasteiger partial charge in [-0.1, -0.05) is 23.4 Å². The van der Waals surface area contributed by atoms with Crippen LogP contribution in [0.15, 0.2) is 42.7 Å². The SMILES string of the molecule is Cc1cc2ccccc2n1CC(=O)N1CCC(O)(Cn2ccnn2)C1. The Balaban J connectivity index is 1.47. The average Bonchev–Trinajstić information content (AvgIpc) is 3.29. The Morgan fingerprint density at radius 3 is 3.00 bits per heavy atom. The number of β-amino-alcohol motifs (C(OH)–C–C–N with tert-alkyl or cyclic N) is 1. The van der Waals surface area contributed by atoms with Gasteiger partial charge in [0.1, 0.15) is 12.1 Å². The van der Waals surface area contributed by atoms with E-state index < -0.39 is 5.60 Å². The normalized spacial score (nSPS) is 20.5. The molecular formula is C18H21N5O2. The van der Waals surface area contributed by atoms with Crippen LogP contribution in [-0.2, 0) is 17.9 Å². The Labute approximate surface area is 145 Å². The van der Waals surface area contributed by atoms with Gasteiger partial charge in [0.15, 0.2) is 0 Å². The van der Waals surface area contributed by atoms with Crippen molar-refractivity contribution in [3.05, 3.63) is 48.4 Å². The van der Waals surface area contributed by atoms with Crippen LogP contribution < -0.4 is 0 Å². The molecule has 7 nitrogen and oxygen atoms in total. The van der Waals surface area contributed by atoms with Crippen LogP contribution in [0.5, 0.6) is 0 Å². The van der Waals surface area contributed by atoms with E-state index in [4.69, 9.17) is 0 Å². The molecule has 1 saturated heterocycles. The second kappa shape index (κ2) is 6.00. The van der Waals surface area contributed by atoms with E-state index in [1.165, 1.54) is 0 Å². The monoisotopic (exact) mass is 339 g/mol. The van der Waals surface area contributed by atoms with Crippen molar-refractivity contribution in [2.24, 2.45) is 0 Å². The van der Waals surface area contributed by atoms with Crippen LogP contribution in [-0.4, -0.2) is 54.2 Å². The molecule has 0 aliphatic carbocycles. The van der Waals surface area contributed by atoms with Gasteiger partial charge < -0.3 is 14.6 Å². The quantitative estimate of drug-likeness (QED) is 0.775. The highest BCUT2D eigenvalue weighted by atomic mass is 16.3. The van der Waals surface area contributed by atoms with Crippen molar-refractivity contribution in [3.8, 4) is 0 Å². The number of para-hydroxylation sites is 1. The number of aryl methyl sites for hydroxylation is 1. The van der Waals surface area contributed by atoms with Crippen LogP contribution >= 0.6 is 0 Å². The highest BCUT2D eigenvalue weighted by molar-refractivity contribution is 5.84. The second-order valence-corrected chi connectivity index (χ2v) is 6.82. The van der Waals surface area contributed by atoms with E-state index in [0.717, 1.165) is 16.6 Å². The van der Waals surface area contributed by atoms with E-state index in [1.54, 1.807) is 22.0 Å². The first-order valence-electron chi connectivity index (χ1n) is 8.43. The second-order valence-electron chi connectivity index (χ2n) is 6.82. The van der Waals surface area contributed by atoms with Crippen molar-refractivity contribution in [2.75, 3.05) is 13.1 Å². The smallest absolute Gasteiger partial charge is 0.242 e. The van der Waals surface area contributed by atoms with E-state index in [2.05, 4.69) is 22.4 Å². The molecule has 1 amide bonds. The molecule has 130 valence electrons. The molecule has 1 aromatic carbocycles. The molecule has 0 spiro atoms. The minimum atomic E-state index is -0.947. The molecule has 1 fully saturated rings. The molecule has 1 aliphatic heterocycles. The molecule has 25 heavy (non-hydrogen) atoms. The summed E-state index contributed by atoms with van der Waals surface area (Å²) >= 11 is 0. The molecule has 1 N–H and O–H groups in total. The summed E-state index contributed by atoms with van der Waals surface area (Å²) in [4.78, 5) is 14.5. The van der Waals surface area contributed by atoms with E-state index in [1.807, 2.05) is 29.7 Å². The number of rotatable bonds is 4. The third-order valence-corrected chi connectivity index (χ3v) is 4.92. The van der Waals surface area contributed by atoms with Crippen LogP contribution in [0.25, 0.3) is 10.9 Å². The number of aromatic nitrogens is 4. The highest BCUT2D eigenvalue weighted by Crippen LogP contribution is 2.24. The van der Waals surface area contributed by atoms with Gasteiger partial charge in [-0.05, 0) is 30.9 Å². The molecule has 3 aromatic rings. The first-order valence-corrected chi connectivity index (χ1v) is 8.43. The molecule has 1 atom stereocenters. The van der Waals surface area contributed by atoms with Crippen LogP contribution in [0.1, 0.15) is 12.1 Å². The minimum Gasteiger partial charge on any atom is -0.386 e. The summed E-state index contributed by atoms with van der Waals surface area (Å²) in [6.07, 6.45) is 3.85.